The number of ether oxygens (including phenoxy) is 1. The summed E-state index contributed by atoms with van der Waals surface area (Å²) in [7, 11) is 0. The standard InChI is InChI=1S/C12H20N6O/c1-3-5-17-8-11(14-16-17)9-19-10-12-7-13-15-18(12)6-4-2/h7-8H,3-6,9-10H2,1-2H3. The molecule has 0 aromatic carbocycles. The van der Waals surface area contributed by atoms with Gasteiger partial charge in [-0.1, -0.05) is 24.3 Å². The quantitative estimate of drug-likeness (QED) is 0.721. The Kier molecular flexibility index (Phi) is 5.02. The van der Waals surface area contributed by atoms with Crippen LogP contribution in [0, 0.1) is 0 Å². The minimum atomic E-state index is 0.459. The summed E-state index contributed by atoms with van der Waals surface area (Å²) < 4.78 is 9.33. The monoisotopic (exact) mass is 264 g/mol. The Balaban J connectivity index is 1.80. The first-order chi connectivity index (χ1) is 9.33. The fourth-order valence-corrected chi connectivity index (χ4v) is 1.79. The van der Waals surface area contributed by atoms with Crippen molar-refractivity contribution in [3.05, 3.63) is 23.8 Å². The van der Waals surface area contributed by atoms with Gasteiger partial charge >= 0.3 is 0 Å². The smallest absolute Gasteiger partial charge is 0.108 e. The van der Waals surface area contributed by atoms with Crippen molar-refractivity contribution < 1.29 is 4.74 Å². The Labute approximate surface area is 112 Å². The number of aromatic nitrogens is 6. The molecule has 0 aliphatic rings. The van der Waals surface area contributed by atoms with Gasteiger partial charge in [0.05, 0.1) is 31.3 Å². The van der Waals surface area contributed by atoms with E-state index in [4.69, 9.17) is 4.74 Å². The normalized spacial score (nSPS) is 11.1. The van der Waals surface area contributed by atoms with Gasteiger partial charge < -0.3 is 4.74 Å². The van der Waals surface area contributed by atoms with Gasteiger partial charge in [-0.2, -0.15) is 0 Å². The molecule has 7 nitrogen and oxygen atoms in total. The van der Waals surface area contributed by atoms with E-state index in [0.29, 0.717) is 13.2 Å². The molecule has 2 heterocycles. The molecule has 7 heteroatoms. The highest BCUT2D eigenvalue weighted by atomic mass is 16.5. The SMILES string of the molecule is CCCn1cc(COCc2cnnn2CCC)nn1. The minimum Gasteiger partial charge on any atom is -0.369 e. The molecule has 2 rings (SSSR count). The Morgan fingerprint density at radius 1 is 1.11 bits per heavy atom. The van der Waals surface area contributed by atoms with Gasteiger partial charge in [0.2, 0.25) is 0 Å². The molecule has 0 spiro atoms. The Bertz CT molecular complexity index is 492. The average molecular weight is 264 g/mol. The maximum atomic E-state index is 5.63. The molecule has 0 bridgehead atoms. The Morgan fingerprint density at radius 3 is 2.74 bits per heavy atom. The highest BCUT2D eigenvalue weighted by Gasteiger charge is 2.05. The van der Waals surface area contributed by atoms with Gasteiger partial charge in [-0.15, -0.1) is 10.2 Å². The van der Waals surface area contributed by atoms with Crippen molar-refractivity contribution >= 4 is 0 Å². The first kappa shape index (κ1) is 13.7. The van der Waals surface area contributed by atoms with Gasteiger partial charge in [-0.05, 0) is 12.8 Å². The van der Waals surface area contributed by atoms with E-state index in [1.807, 2.05) is 15.6 Å². The number of hydrogen-bond donors (Lipinski definition) is 0. The summed E-state index contributed by atoms with van der Waals surface area (Å²) in [6, 6.07) is 0. The van der Waals surface area contributed by atoms with Crippen LogP contribution in [0.1, 0.15) is 38.1 Å². The number of aryl methyl sites for hydroxylation is 2. The summed E-state index contributed by atoms with van der Waals surface area (Å²) in [5.74, 6) is 0. The van der Waals surface area contributed by atoms with Crippen LogP contribution in [0.3, 0.4) is 0 Å². The molecule has 0 N–H and O–H groups in total. The molecule has 0 amide bonds. The molecule has 0 unspecified atom stereocenters. The fourth-order valence-electron chi connectivity index (χ4n) is 1.79. The van der Waals surface area contributed by atoms with E-state index in [0.717, 1.165) is 37.3 Å². The van der Waals surface area contributed by atoms with E-state index >= 15 is 0 Å². The average Bonchev–Trinajstić information content (AvgIpc) is 3.01. The highest BCUT2D eigenvalue weighted by Crippen LogP contribution is 2.03. The number of rotatable bonds is 8. The van der Waals surface area contributed by atoms with Crippen LogP contribution in [0.5, 0.6) is 0 Å². The van der Waals surface area contributed by atoms with E-state index in [1.165, 1.54) is 0 Å². The van der Waals surface area contributed by atoms with E-state index in [1.54, 1.807) is 6.20 Å². The molecule has 19 heavy (non-hydrogen) atoms. The van der Waals surface area contributed by atoms with Gasteiger partial charge in [0.25, 0.3) is 0 Å². The zero-order chi connectivity index (χ0) is 13.5. The molecule has 0 aliphatic heterocycles. The molecule has 2 aromatic heterocycles. The Morgan fingerprint density at radius 2 is 1.95 bits per heavy atom. The molecule has 0 fully saturated rings. The maximum absolute atomic E-state index is 5.63. The number of hydrogen-bond acceptors (Lipinski definition) is 5. The fraction of sp³-hybridized carbons (Fsp3) is 0.667. The van der Waals surface area contributed by atoms with Crippen molar-refractivity contribution in [1.29, 1.82) is 0 Å². The lowest BCUT2D eigenvalue weighted by Gasteiger charge is -2.04. The third kappa shape index (κ3) is 3.85. The molecule has 0 saturated heterocycles. The zero-order valence-corrected chi connectivity index (χ0v) is 11.5. The van der Waals surface area contributed by atoms with Crippen LogP contribution in [-0.2, 0) is 31.0 Å². The summed E-state index contributed by atoms with van der Waals surface area (Å²) in [5.41, 5.74) is 1.84. The third-order valence-electron chi connectivity index (χ3n) is 2.67. The lowest BCUT2D eigenvalue weighted by atomic mass is 10.4. The summed E-state index contributed by atoms with van der Waals surface area (Å²) in [4.78, 5) is 0. The second-order valence-corrected chi connectivity index (χ2v) is 4.41. The van der Waals surface area contributed by atoms with Gasteiger partial charge in [-0.3, -0.25) is 4.68 Å². The summed E-state index contributed by atoms with van der Waals surface area (Å²) in [5, 5.41) is 16.0. The largest absolute Gasteiger partial charge is 0.369 e. The van der Waals surface area contributed by atoms with Crippen LogP contribution in [-0.4, -0.2) is 30.0 Å². The molecular formula is C12H20N6O. The summed E-state index contributed by atoms with van der Waals surface area (Å²) in [6.07, 6.45) is 5.74. The van der Waals surface area contributed by atoms with Crippen molar-refractivity contribution in [2.45, 2.75) is 53.0 Å². The lowest BCUT2D eigenvalue weighted by molar-refractivity contribution is 0.0986. The predicted molar refractivity (Wildman–Crippen MR) is 69.1 cm³/mol. The predicted octanol–water partition coefficient (Wildman–Crippen LogP) is 1.41. The molecule has 0 atom stereocenters. The van der Waals surface area contributed by atoms with Crippen LogP contribution >= 0.6 is 0 Å². The van der Waals surface area contributed by atoms with E-state index in [9.17, 15) is 0 Å². The second-order valence-electron chi connectivity index (χ2n) is 4.41. The lowest BCUT2D eigenvalue weighted by Crippen LogP contribution is -2.06. The summed E-state index contributed by atoms with van der Waals surface area (Å²) in [6.45, 7) is 6.93. The van der Waals surface area contributed by atoms with E-state index < -0.39 is 0 Å². The first-order valence-electron chi connectivity index (χ1n) is 6.67. The summed E-state index contributed by atoms with van der Waals surface area (Å²) >= 11 is 0. The first-order valence-corrected chi connectivity index (χ1v) is 6.67. The maximum Gasteiger partial charge on any atom is 0.108 e. The molecule has 104 valence electrons. The van der Waals surface area contributed by atoms with Gasteiger partial charge in [0, 0.05) is 13.1 Å². The van der Waals surface area contributed by atoms with Gasteiger partial charge in [-0.25, -0.2) is 4.68 Å². The molecular weight excluding hydrogens is 244 g/mol. The highest BCUT2D eigenvalue weighted by molar-refractivity contribution is 4.93. The van der Waals surface area contributed by atoms with Crippen LogP contribution in [0.15, 0.2) is 12.4 Å². The van der Waals surface area contributed by atoms with Crippen molar-refractivity contribution in [2.75, 3.05) is 0 Å². The van der Waals surface area contributed by atoms with Crippen molar-refractivity contribution in [1.82, 2.24) is 30.0 Å². The second kappa shape index (κ2) is 6.98. The van der Waals surface area contributed by atoms with Crippen LogP contribution in [0.4, 0.5) is 0 Å². The molecule has 0 aliphatic carbocycles. The topological polar surface area (TPSA) is 70.7 Å². The van der Waals surface area contributed by atoms with Crippen LogP contribution in [0.2, 0.25) is 0 Å². The van der Waals surface area contributed by atoms with Crippen LogP contribution < -0.4 is 0 Å². The van der Waals surface area contributed by atoms with Crippen LogP contribution in [0.25, 0.3) is 0 Å². The third-order valence-corrected chi connectivity index (χ3v) is 2.67. The molecule has 2 aromatic rings. The van der Waals surface area contributed by atoms with Crippen molar-refractivity contribution in [2.24, 2.45) is 0 Å². The minimum absolute atomic E-state index is 0.459. The van der Waals surface area contributed by atoms with Gasteiger partial charge in [0.1, 0.15) is 5.69 Å². The van der Waals surface area contributed by atoms with Gasteiger partial charge in [0.15, 0.2) is 0 Å². The van der Waals surface area contributed by atoms with Crippen molar-refractivity contribution in [3.63, 3.8) is 0 Å². The van der Waals surface area contributed by atoms with E-state index in [2.05, 4.69) is 34.5 Å². The zero-order valence-electron chi connectivity index (χ0n) is 11.5. The Hall–Kier alpha value is -1.76. The number of nitrogens with zero attached hydrogens (tertiary/aromatic N) is 6. The van der Waals surface area contributed by atoms with Crippen molar-refractivity contribution in [3.8, 4) is 0 Å². The van der Waals surface area contributed by atoms with E-state index in [-0.39, 0.29) is 0 Å². The molecule has 0 saturated carbocycles. The molecule has 0 radical (unpaired) electrons.